The number of aromatic nitrogens is 2. The van der Waals surface area contributed by atoms with Crippen LogP contribution in [0, 0.1) is 0 Å². The van der Waals surface area contributed by atoms with Crippen molar-refractivity contribution in [1.29, 1.82) is 0 Å². The summed E-state index contributed by atoms with van der Waals surface area (Å²) in [5.74, 6) is 1.11. The number of likely N-dealkylation sites (tertiary alicyclic amines) is 1. The van der Waals surface area contributed by atoms with Crippen LogP contribution < -0.4 is 4.74 Å². The Balaban J connectivity index is 1.55. The van der Waals surface area contributed by atoms with E-state index < -0.39 is 0 Å². The van der Waals surface area contributed by atoms with Gasteiger partial charge in [0.15, 0.2) is 0 Å². The van der Waals surface area contributed by atoms with E-state index in [9.17, 15) is 4.79 Å². The average molecular weight is 392 g/mol. The van der Waals surface area contributed by atoms with Crippen molar-refractivity contribution in [2.24, 2.45) is 0 Å². The van der Waals surface area contributed by atoms with E-state index in [0.717, 1.165) is 53.2 Å². The Morgan fingerprint density at radius 1 is 1.29 bits per heavy atom. The number of carbonyl (C=O) groups is 1. The van der Waals surface area contributed by atoms with Crippen LogP contribution in [-0.4, -0.2) is 40.3 Å². The fourth-order valence-corrected chi connectivity index (χ4v) is 4.84. The summed E-state index contributed by atoms with van der Waals surface area (Å²) < 4.78 is 8.42. The molecule has 1 saturated carbocycles. The Labute approximate surface area is 150 Å². The normalized spacial score (nSPS) is 27.4. The van der Waals surface area contributed by atoms with Crippen LogP contribution in [0.25, 0.3) is 10.9 Å². The Bertz CT molecular complexity index is 793. The molecule has 0 radical (unpaired) electrons. The minimum Gasteiger partial charge on any atom is -0.495 e. The molecule has 1 saturated heterocycles. The van der Waals surface area contributed by atoms with Gasteiger partial charge >= 0.3 is 0 Å². The van der Waals surface area contributed by atoms with Gasteiger partial charge in [0.25, 0.3) is 0 Å². The van der Waals surface area contributed by atoms with Crippen LogP contribution in [0.15, 0.2) is 22.8 Å². The summed E-state index contributed by atoms with van der Waals surface area (Å²) in [5, 5.41) is 5.89. The zero-order valence-corrected chi connectivity index (χ0v) is 15.7. The first-order valence-corrected chi connectivity index (χ1v) is 9.31. The van der Waals surface area contributed by atoms with Gasteiger partial charge in [0.05, 0.1) is 23.1 Å². The maximum Gasteiger partial charge on any atom is 0.222 e. The summed E-state index contributed by atoms with van der Waals surface area (Å²) in [5.41, 5.74) is 1.07. The van der Waals surface area contributed by atoms with Gasteiger partial charge in [-0.05, 0) is 54.1 Å². The Morgan fingerprint density at radius 3 is 2.67 bits per heavy atom. The van der Waals surface area contributed by atoms with Gasteiger partial charge < -0.3 is 9.64 Å². The number of methoxy groups -OCH3 is 1. The molecule has 1 spiro atoms. The van der Waals surface area contributed by atoms with Crippen LogP contribution in [0.1, 0.15) is 44.6 Å². The summed E-state index contributed by atoms with van der Waals surface area (Å²) in [4.78, 5) is 13.9. The van der Waals surface area contributed by atoms with Gasteiger partial charge in [-0.15, -0.1) is 0 Å². The molecule has 6 heteroatoms. The first kappa shape index (κ1) is 15.9. The minimum absolute atomic E-state index is 0.104. The third-order valence-electron chi connectivity index (χ3n) is 5.95. The molecule has 24 heavy (non-hydrogen) atoms. The molecule has 2 aliphatic rings. The standard InChI is InChI=1S/C18H22BrN3O2/c1-21-17(23)5-8-18(21)6-3-13(4-7-18)22-11-12-9-14(19)16(24-2)10-15(12)20-22/h9-11,13H,3-8H2,1-2H3/t13-,18-. The molecule has 1 amide bonds. The molecule has 0 N–H and O–H groups in total. The molecule has 1 aromatic carbocycles. The van der Waals surface area contributed by atoms with Gasteiger partial charge in [-0.25, -0.2) is 0 Å². The fraction of sp³-hybridized carbons (Fsp3) is 0.556. The highest BCUT2D eigenvalue weighted by Crippen LogP contribution is 2.44. The monoisotopic (exact) mass is 391 g/mol. The number of ether oxygens (including phenoxy) is 1. The van der Waals surface area contributed by atoms with Crippen LogP contribution in [0.4, 0.5) is 0 Å². The smallest absolute Gasteiger partial charge is 0.222 e. The van der Waals surface area contributed by atoms with Crippen LogP contribution in [-0.2, 0) is 4.79 Å². The van der Waals surface area contributed by atoms with Gasteiger partial charge in [-0.2, -0.15) is 5.10 Å². The number of rotatable bonds is 2. The number of halogens is 1. The van der Waals surface area contributed by atoms with Crippen LogP contribution in [0.2, 0.25) is 0 Å². The topological polar surface area (TPSA) is 47.4 Å². The van der Waals surface area contributed by atoms with Gasteiger partial charge in [0, 0.05) is 36.7 Å². The van der Waals surface area contributed by atoms with E-state index in [-0.39, 0.29) is 5.54 Å². The first-order chi connectivity index (χ1) is 11.5. The summed E-state index contributed by atoms with van der Waals surface area (Å²) in [6, 6.07) is 4.45. The molecule has 0 atom stereocenters. The van der Waals surface area contributed by atoms with E-state index in [1.807, 2.05) is 18.0 Å². The lowest BCUT2D eigenvalue weighted by Gasteiger charge is -2.42. The van der Waals surface area contributed by atoms with E-state index in [2.05, 4.69) is 32.9 Å². The number of hydrogen-bond acceptors (Lipinski definition) is 3. The summed E-state index contributed by atoms with van der Waals surface area (Å²) in [6.07, 6.45) is 8.15. The molecule has 1 aromatic heterocycles. The maximum atomic E-state index is 11.9. The lowest BCUT2D eigenvalue weighted by Crippen LogP contribution is -2.46. The second-order valence-electron chi connectivity index (χ2n) is 7.06. The Hall–Kier alpha value is -1.56. The number of benzene rings is 1. The van der Waals surface area contributed by atoms with Gasteiger partial charge in [0.1, 0.15) is 5.75 Å². The SMILES string of the molecule is COc1cc2nn([C@H]3CC[C@@]4(CCC(=O)N4C)CC3)cc2cc1Br. The molecule has 0 unspecified atom stereocenters. The molecule has 2 aromatic rings. The molecule has 2 heterocycles. The zero-order valence-electron chi connectivity index (χ0n) is 14.1. The molecule has 4 rings (SSSR count). The Morgan fingerprint density at radius 2 is 2.04 bits per heavy atom. The predicted molar refractivity (Wildman–Crippen MR) is 96.2 cm³/mol. The number of hydrogen-bond donors (Lipinski definition) is 0. The molecular weight excluding hydrogens is 370 g/mol. The van der Waals surface area contributed by atoms with Crippen molar-refractivity contribution in [3.63, 3.8) is 0 Å². The number of carbonyl (C=O) groups excluding carboxylic acids is 1. The second-order valence-corrected chi connectivity index (χ2v) is 7.92. The number of fused-ring (bicyclic) bond motifs is 1. The largest absolute Gasteiger partial charge is 0.495 e. The van der Waals surface area contributed by atoms with Crippen molar-refractivity contribution in [2.45, 2.75) is 50.1 Å². The third kappa shape index (κ3) is 2.42. The highest BCUT2D eigenvalue weighted by molar-refractivity contribution is 9.10. The van der Waals surface area contributed by atoms with Crippen molar-refractivity contribution in [2.75, 3.05) is 14.2 Å². The number of amides is 1. The lowest BCUT2D eigenvalue weighted by atomic mass is 9.78. The highest BCUT2D eigenvalue weighted by atomic mass is 79.9. The fourth-order valence-electron chi connectivity index (χ4n) is 4.32. The molecule has 1 aliphatic carbocycles. The number of nitrogens with zero attached hydrogens (tertiary/aromatic N) is 3. The maximum absolute atomic E-state index is 11.9. The molecule has 0 bridgehead atoms. The summed E-state index contributed by atoms with van der Waals surface area (Å²) >= 11 is 3.54. The van der Waals surface area contributed by atoms with E-state index in [0.29, 0.717) is 18.4 Å². The minimum atomic E-state index is 0.104. The molecular formula is C18H22BrN3O2. The van der Waals surface area contributed by atoms with E-state index in [1.54, 1.807) is 7.11 Å². The van der Waals surface area contributed by atoms with Crippen molar-refractivity contribution in [3.8, 4) is 5.75 Å². The quantitative estimate of drug-likeness (QED) is 0.779. The predicted octanol–water partition coefficient (Wildman–Crippen LogP) is 3.91. The van der Waals surface area contributed by atoms with E-state index >= 15 is 0 Å². The van der Waals surface area contributed by atoms with Crippen LogP contribution in [0.3, 0.4) is 0 Å². The summed E-state index contributed by atoms with van der Waals surface area (Å²) in [6.45, 7) is 0. The highest BCUT2D eigenvalue weighted by Gasteiger charge is 2.45. The van der Waals surface area contributed by atoms with Crippen molar-refractivity contribution >= 4 is 32.7 Å². The summed E-state index contributed by atoms with van der Waals surface area (Å²) in [7, 11) is 3.64. The van der Waals surface area contributed by atoms with Crippen molar-refractivity contribution in [1.82, 2.24) is 14.7 Å². The van der Waals surface area contributed by atoms with Gasteiger partial charge in [0.2, 0.25) is 5.91 Å². The molecule has 128 valence electrons. The second kappa shape index (κ2) is 5.76. The molecule has 5 nitrogen and oxygen atoms in total. The zero-order chi connectivity index (χ0) is 16.9. The Kier molecular flexibility index (Phi) is 3.82. The van der Waals surface area contributed by atoms with Gasteiger partial charge in [-0.1, -0.05) is 0 Å². The van der Waals surface area contributed by atoms with Crippen LogP contribution in [0.5, 0.6) is 5.75 Å². The van der Waals surface area contributed by atoms with Crippen molar-refractivity contribution < 1.29 is 9.53 Å². The first-order valence-electron chi connectivity index (χ1n) is 8.51. The third-order valence-corrected chi connectivity index (χ3v) is 6.57. The van der Waals surface area contributed by atoms with E-state index in [4.69, 9.17) is 9.84 Å². The van der Waals surface area contributed by atoms with Crippen molar-refractivity contribution in [3.05, 3.63) is 22.8 Å². The average Bonchev–Trinajstić information content (AvgIpc) is 3.11. The van der Waals surface area contributed by atoms with E-state index in [1.165, 1.54) is 0 Å². The van der Waals surface area contributed by atoms with Crippen LogP contribution >= 0.6 is 15.9 Å². The lowest BCUT2D eigenvalue weighted by molar-refractivity contribution is -0.130. The molecule has 2 fully saturated rings. The van der Waals surface area contributed by atoms with Gasteiger partial charge in [-0.3, -0.25) is 9.48 Å². The molecule has 1 aliphatic heterocycles.